The van der Waals surface area contributed by atoms with Crippen molar-refractivity contribution in [3.63, 3.8) is 0 Å². The van der Waals surface area contributed by atoms with Crippen molar-refractivity contribution in [3.8, 4) is 0 Å². The zero-order chi connectivity index (χ0) is 7.98. The van der Waals surface area contributed by atoms with Crippen LogP contribution in [-0.2, 0) is 4.74 Å². The van der Waals surface area contributed by atoms with Gasteiger partial charge in [-0.25, -0.2) is 0 Å². The first-order valence-electron chi connectivity index (χ1n) is 4.07. The van der Waals surface area contributed by atoms with Gasteiger partial charge in [0, 0.05) is 13.7 Å². The maximum atomic E-state index is 5.15. The van der Waals surface area contributed by atoms with Crippen molar-refractivity contribution < 1.29 is 4.74 Å². The van der Waals surface area contributed by atoms with Gasteiger partial charge in [0.15, 0.2) is 0 Å². The molecule has 0 amide bonds. The first-order chi connectivity index (χ1) is 4.84. The molecule has 2 nitrogen and oxygen atoms in total. The summed E-state index contributed by atoms with van der Waals surface area (Å²) in [5.41, 5.74) is 0. The van der Waals surface area contributed by atoms with Gasteiger partial charge in [0.05, 0.1) is 0 Å². The molecule has 1 unspecified atom stereocenters. The van der Waals surface area contributed by atoms with E-state index in [0.29, 0.717) is 6.23 Å². The Hall–Kier alpha value is -0.0800. The van der Waals surface area contributed by atoms with Crippen LogP contribution in [0.3, 0.4) is 0 Å². The lowest BCUT2D eigenvalue weighted by Crippen LogP contribution is -2.25. The van der Waals surface area contributed by atoms with Crippen molar-refractivity contribution >= 4 is 0 Å². The van der Waals surface area contributed by atoms with Crippen LogP contribution in [-0.4, -0.2) is 31.8 Å². The van der Waals surface area contributed by atoms with E-state index in [1.165, 1.54) is 19.4 Å². The Morgan fingerprint density at radius 1 is 1.40 bits per heavy atom. The van der Waals surface area contributed by atoms with Crippen molar-refractivity contribution in [2.75, 3.05) is 20.7 Å². The van der Waals surface area contributed by atoms with Crippen molar-refractivity contribution in [2.45, 2.75) is 32.9 Å². The first kappa shape index (κ1) is 9.92. The van der Waals surface area contributed by atoms with Gasteiger partial charge < -0.3 is 4.74 Å². The Labute approximate surface area is 64.2 Å². The number of hydrogen-bond donors (Lipinski definition) is 0. The van der Waals surface area contributed by atoms with Gasteiger partial charge in [-0.2, -0.15) is 0 Å². The van der Waals surface area contributed by atoms with E-state index >= 15 is 0 Å². The lowest BCUT2D eigenvalue weighted by atomic mass is 10.4. The molecular weight excluding hydrogens is 126 g/mol. The highest BCUT2D eigenvalue weighted by Crippen LogP contribution is 2.13. The molecule has 0 N–H and O–H groups in total. The highest BCUT2D eigenvalue weighted by molar-refractivity contribution is 4.66. The lowest BCUT2D eigenvalue weighted by molar-refractivity contribution is 0.0109. The number of likely N-dealkylation sites (tertiary alicyclic amines) is 1. The summed E-state index contributed by atoms with van der Waals surface area (Å²) in [5, 5.41) is 0. The average molecular weight is 145 g/mol. The van der Waals surface area contributed by atoms with E-state index in [4.69, 9.17) is 4.74 Å². The Kier molecular flexibility index (Phi) is 5.64. The summed E-state index contributed by atoms with van der Waals surface area (Å²) in [6.07, 6.45) is 2.89. The van der Waals surface area contributed by atoms with Crippen LogP contribution >= 0.6 is 0 Å². The van der Waals surface area contributed by atoms with Gasteiger partial charge in [-0.1, -0.05) is 13.8 Å². The Balaban J connectivity index is 0.000000371. The van der Waals surface area contributed by atoms with Crippen LogP contribution in [0.15, 0.2) is 0 Å². The van der Waals surface area contributed by atoms with E-state index in [9.17, 15) is 0 Å². The highest BCUT2D eigenvalue weighted by Gasteiger charge is 2.18. The molecule has 0 saturated carbocycles. The SMILES string of the molecule is CC.COC1CCCN1C. The summed E-state index contributed by atoms with van der Waals surface area (Å²) in [5.74, 6) is 0. The summed E-state index contributed by atoms with van der Waals surface area (Å²) < 4.78 is 5.15. The molecule has 1 fully saturated rings. The number of ether oxygens (including phenoxy) is 1. The average Bonchev–Trinajstić information content (AvgIpc) is 2.39. The summed E-state index contributed by atoms with van der Waals surface area (Å²) in [7, 11) is 3.87. The summed E-state index contributed by atoms with van der Waals surface area (Å²) >= 11 is 0. The van der Waals surface area contributed by atoms with Crippen molar-refractivity contribution in [3.05, 3.63) is 0 Å². The second-order valence-electron chi connectivity index (χ2n) is 2.31. The molecule has 0 aromatic carbocycles. The molecule has 0 spiro atoms. The Bertz CT molecular complexity index is 75.7. The molecule has 0 bridgehead atoms. The number of nitrogens with zero attached hydrogens (tertiary/aromatic N) is 1. The zero-order valence-electron chi connectivity index (χ0n) is 7.55. The van der Waals surface area contributed by atoms with Gasteiger partial charge in [0.2, 0.25) is 0 Å². The molecule has 1 saturated heterocycles. The van der Waals surface area contributed by atoms with Gasteiger partial charge in [-0.3, -0.25) is 4.90 Å². The Morgan fingerprint density at radius 2 is 2.00 bits per heavy atom. The second-order valence-corrected chi connectivity index (χ2v) is 2.31. The van der Waals surface area contributed by atoms with Gasteiger partial charge in [-0.15, -0.1) is 0 Å². The third kappa shape index (κ3) is 2.67. The van der Waals surface area contributed by atoms with E-state index in [1.807, 2.05) is 13.8 Å². The smallest absolute Gasteiger partial charge is 0.110 e. The molecule has 10 heavy (non-hydrogen) atoms. The molecule has 1 aliphatic rings. The molecule has 1 atom stereocenters. The predicted octanol–water partition coefficient (Wildman–Crippen LogP) is 1.71. The van der Waals surface area contributed by atoms with Gasteiger partial charge in [0.1, 0.15) is 6.23 Å². The van der Waals surface area contributed by atoms with Crippen molar-refractivity contribution in [1.29, 1.82) is 0 Å². The second kappa shape index (κ2) is 5.69. The molecule has 0 aromatic rings. The van der Waals surface area contributed by atoms with Crippen molar-refractivity contribution in [2.24, 2.45) is 0 Å². The molecule has 1 rings (SSSR count). The fourth-order valence-corrected chi connectivity index (χ4v) is 1.18. The minimum Gasteiger partial charge on any atom is -0.366 e. The third-order valence-corrected chi connectivity index (χ3v) is 1.73. The minimum atomic E-state index is 0.398. The van der Waals surface area contributed by atoms with E-state index in [1.54, 1.807) is 7.11 Å². The Morgan fingerprint density at radius 3 is 2.20 bits per heavy atom. The summed E-state index contributed by atoms with van der Waals surface area (Å²) in [6.45, 7) is 5.19. The largest absolute Gasteiger partial charge is 0.366 e. The first-order valence-corrected chi connectivity index (χ1v) is 4.07. The van der Waals surface area contributed by atoms with Gasteiger partial charge in [-0.05, 0) is 19.9 Å². The molecule has 1 heterocycles. The van der Waals surface area contributed by atoms with Crippen LogP contribution in [0.25, 0.3) is 0 Å². The molecule has 0 radical (unpaired) electrons. The normalized spacial score (nSPS) is 25.8. The molecule has 0 aromatic heterocycles. The van der Waals surface area contributed by atoms with Crippen LogP contribution < -0.4 is 0 Å². The maximum Gasteiger partial charge on any atom is 0.110 e. The van der Waals surface area contributed by atoms with E-state index in [2.05, 4.69) is 11.9 Å². The van der Waals surface area contributed by atoms with Crippen LogP contribution in [0.2, 0.25) is 0 Å². The van der Waals surface area contributed by atoms with Crippen LogP contribution in [0.4, 0.5) is 0 Å². The van der Waals surface area contributed by atoms with E-state index in [-0.39, 0.29) is 0 Å². The highest BCUT2D eigenvalue weighted by atomic mass is 16.5. The van der Waals surface area contributed by atoms with Gasteiger partial charge >= 0.3 is 0 Å². The van der Waals surface area contributed by atoms with E-state index < -0.39 is 0 Å². The van der Waals surface area contributed by atoms with Crippen LogP contribution in [0.1, 0.15) is 26.7 Å². The number of hydrogen-bond acceptors (Lipinski definition) is 2. The monoisotopic (exact) mass is 145 g/mol. The molecular formula is C8H19NO. The lowest BCUT2D eigenvalue weighted by Gasteiger charge is -2.16. The van der Waals surface area contributed by atoms with Gasteiger partial charge in [0.25, 0.3) is 0 Å². The van der Waals surface area contributed by atoms with E-state index in [0.717, 1.165) is 0 Å². The molecule has 2 heteroatoms. The topological polar surface area (TPSA) is 12.5 Å². The fourth-order valence-electron chi connectivity index (χ4n) is 1.18. The maximum absolute atomic E-state index is 5.15. The molecule has 62 valence electrons. The standard InChI is InChI=1S/C6H13NO.C2H6/c1-7-5-3-4-6(7)8-2;1-2/h6H,3-5H2,1-2H3;1-2H3. The third-order valence-electron chi connectivity index (χ3n) is 1.73. The fraction of sp³-hybridized carbons (Fsp3) is 1.00. The zero-order valence-corrected chi connectivity index (χ0v) is 7.55. The minimum absolute atomic E-state index is 0.398. The summed E-state index contributed by atoms with van der Waals surface area (Å²) in [4.78, 5) is 2.24. The predicted molar refractivity (Wildman–Crippen MR) is 44.0 cm³/mol. The quantitative estimate of drug-likeness (QED) is 0.557. The molecule has 0 aliphatic carbocycles. The number of methoxy groups -OCH3 is 1. The van der Waals surface area contributed by atoms with Crippen LogP contribution in [0.5, 0.6) is 0 Å². The summed E-state index contributed by atoms with van der Waals surface area (Å²) in [6, 6.07) is 0. The van der Waals surface area contributed by atoms with Crippen LogP contribution in [0, 0.1) is 0 Å². The van der Waals surface area contributed by atoms with Crippen molar-refractivity contribution in [1.82, 2.24) is 4.90 Å². The molecule has 1 aliphatic heterocycles. The number of rotatable bonds is 1.